The number of aromatic amines is 1. The molecule has 0 atom stereocenters. The number of fused-ring (bicyclic) bond motifs is 2. The summed E-state index contributed by atoms with van der Waals surface area (Å²) in [6.45, 7) is 3.07. The Labute approximate surface area is 192 Å². The molecule has 2 aromatic heterocycles. The van der Waals surface area contributed by atoms with Crippen molar-refractivity contribution >= 4 is 33.7 Å². The van der Waals surface area contributed by atoms with Crippen LogP contribution in [-0.4, -0.2) is 25.4 Å². The zero-order valence-electron chi connectivity index (χ0n) is 18.7. The molecule has 2 heterocycles. The fourth-order valence-electron chi connectivity index (χ4n) is 4.26. The standard InChI is InChI=1S/C27H27N5O/c1-2-32-24-10-6-5-9-23(24)31-26(32)17-13-19-11-14-20(15-12-19)28-27(33)18-16-25-29-21-7-3-4-8-22(21)30-25/h3-12,14-15H,2,13,16-18H2,1H3,(H,28,33)(H,29,30). The molecule has 0 aliphatic carbocycles. The first-order chi connectivity index (χ1) is 16.2. The normalized spacial score (nSPS) is 11.3. The largest absolute Gasteiger partial charge is 0.342 e. The van der Waals surface area contributed by atoms with Crippen LogP contribution in [0.15, 0.2) is 72.8 Å². The van der Waals surface area contributed by atoms with Crippen molar-refractivity contribution < 1.29 is 4.79 Å². The number of hydrogen-bond acceptors (Lipinski definition) is 3. The predicted octanol–water partition coefficient (Wildman–Crippen LogP) is 5.29. The Bertz CT molecular complexity index is 1360. The van der Waals surface area contributed by atoms with E-state index in [1.807, 2.05) is 42.5 Å². The van der Waals surface area contributed by atoms with E-state index in [1.54, 1.807) is 0 Å². The number of carbonyl (C=O) groups excluding carboxylic acids is 1. The number of aryl methyl sites for hydroxylation is 4. The molecule has 2 N–H and O–H groups in total. The fourth-order valence-corrected chi connectivity index (χ4v) is 4.26. The van der Waals surface area contributed by atoms with Crippen LogP contribution >= 0.6 is 0 Å². The topological polar surface area (TPSA) is 75.6 Å². The van der Waals surface area contributed by atoms with E-state index >= 15 is 0 Å². The summed E-state index contributed by atoms with van der Waals surface area (Å²) >= 11 is 0. The van der Waals surface area contributed by atoms with Crippen LogP contribution in [-0.2, 0) is 30.6 Å². The van der Waals surface area contributed by atoms with Crippen molar-refractivity contribution in [3.8, 4) is 0 Å². The van der Waals surface area contributed by atoms with Crippen LogP contribution in [0.2, 0.25) is 0 Å². The van der Waals surface area contributed by atoms with Crippen molar-refractivity contribution in [3.05, 3.63) is 90.0 Å². The Balaban J connectivity index is 1.15. The summed E-state index contributed by atoms with van der Waals surface area (Å²) in [5.41, 5.74) is 6.21. The Hall–Kier alpha value is -3.93. The summed E-state index contributed by atoms with van der Waals surface area (Å²) in [5.74, 6) is 1.93. The van der Waals surface area contributed by atoms with E-state index in [1.165, 1.54) is 11.1 Å². The van der Waals surface area contributed by atoms with Gasteiger partial charge in [-0.25, -0.2) is 9.97 Å². The molecular weight excluding hydrogens is 410 g/mol. The van der Waals surface area contributed by atoms with E-state index in [-0.39, 0.29) is 5.91 Å². The maximum absolute atomic E-state index is 12.4. The quantitative estimate of drug-likeness (QED) is 0.346. The summed E-state index contributed by atoms with van der Waals surface area (Å²) in [6, 6.07) is 24.3. The zero-order chi connectivity index (χ0) is 22.6. The second kappa shape index (κ2) is 9.28. The summed E-state index contributed by atoms with van der Waals surface area (Å²) in [5, 5.41) is 2.99. The minimum atomic E-state index is -0.0140. The lowest BCUT2D eigenvalue weighted by Crippen LogP contribution is -2.12. The molecule has 33 heavy (non-hydrogen) atoms. The van der Waals surface area contributed by atoms with Crippen LogP contribution < -0.4 is 5.32 Å². The molecule has 3 aromatic carbocycles. The van der Waals surface area contributed by atoms with Gasteiger partial charge in [0, 0.05) is 31.5 Å². The first-order valence-electron chi connectivity index (χ1n) is 11.5. The molecule has 6 heteroatoms. The third-order valence-electron chi connectivity index (χ3n) is 5.95. The number of nitrogens with one attached hydrogen (secondary N) is 2. The van der Waals surface area contributed by atoms with Crippen LogP contribution in [0.1, 0.15) is 30.6 Å². The number of para-hydroxylation sites is 4. The third-order valence-corrected chi connectivity index (χ3v) is 5.95. The average molecular weight is 438 g/mol. The summed E-state index contributed by atoms with van der Waals surface area (Å²) in [6.07, 6.45) is 2.75. The summed E-state index contributed by atoms with van der Waals surface area (Å²) < 4.78 is 2.28. The second-order valence-corrected chi connectivity index (χ2v) is 8.21. The lowest BCUT2D eigenvalue weighted by Gasteiger charge is -2.08. The first kappa shape index (κ1) is 20.9. The maximum atomic E-state index is 12.4. The number of benzene rings is 3. The van der Waals surface area contributed by atoms with Gasteiger partial charge in [0.15, 0.2) is 0 Å². The van der Waals surface area contributed by atoms with Gasteiger partial charge < -0.3 is 14.9 Å². The van der Waals surface area contributed by atoms with Crippen molar-refractivity contribution in [1.29, 1.82) is 0 Å². The van der Waals surface area contributed by atoms with Gasteiger partial charge in [-0.3, -0.25) is 4.79 Å². The molecule has 6 nitrogen and oxygen atoms in total. The molecule has 0 unspecified atom stereocenters. The Morgan fingerprint density at radius 1 is 0.879 bits per heavy atom. The van der Waals surface area contributed by atoms with Crippen LogP contribution in [0.25, 0.3) is 22.1 Å². The van der Waals surface area contributed by atoms with E-state index < -0.39 is 0 Å². The van der Waals surface area contributed by atoms with Crippen molar-refractivity contribution in [3.63, 3.8) is 0 Å². The molecule has 1 amide bonds. The number of rotatable bonds is 8. The van der Waals surface area contributed by atoms with Crippen molar-refractivity contribution in [1.82, 2.24) is 19.5 Å². The van der Waals surface area contributed by atoms with Gasteiger partial charge in [-0.2, -0.15) is 0 Å². The van der Waals surface area contributed by atoms with Gasteiger partial charge in [0.25, 0.3) is 0 Å². The van der Waals surface area contributed by atoms with Crippen molar-refractivity contribution in [2.24, 2.45) is 0 Å². The van der Waals surface area contributed by atoms with Crippen molar-refractivity contribution in [2.75, 3.05) is 5.32 Å². The Morgan fingerprint density at radius 3 is 2.42 bits per heavy atom. The SMILES string of the molecule is CCn1c(CCc2ccc(NC(=O)CCc3nc4ccccc4[nH]3)cc2)nc2ccccc21. The minimum Gasteiger partial charge on any atom is -0.342 e. The number of aromatic nitrogens is 4. The van der Waals surface area contributed by atoms with E-state index in [0.29, 0.717) is 12.8 Å². The molecule has 0 saturated heterocycles. The number of H-pyrrole nitrogens is 1. The average Bonchev–Trinajstić information content (AvgIpc) is 3.42. The van der Waals surface area contributed by atoms with Crippen LogP contribution in [0.5, 0.6) is 0 Å². The Kier molecular flexibility index (Phi) is 5.89. The number of imidazole rings is 2. The molecule has 0 aliphatic rings. The highest BCUT2D eigenvalue weighted by Crippen LogP contribution is 2.18. The van der Waals surface area contributed by atoms with Crippen LogP contribution in [0, 0.1) is 0 Å². The van der Waals surface area contributed by atoms with Crippen LogP contribution in [0.4, 0.5) is 5.69 Å². The van der Waals surface area contributed by atoms with E-state index in [0.717, 1.165) is 53.3 Å². The van der Waals surface area contributed by atoms with E-state index in [4.69, 9.17) is 4.98 Å². The number of carbonyl (C=O) groups is 1. The number of amides is 1. The molecule has 0 aliphatic heterocycles. The maximum Gasteiger partial charge on any atom is 0.224 e. The molecule has 166 valence electrons. The number of hydrogen-bond donors (Lipinski definition) is 2. The molecule has 0 bridgehead atoms. The molecular formula is C27H27N5O. The zero-order valence-corrected chi connectivity index (χ0v) is 18.7. The molecule has 5 aromatic rings. The molecule has 5 rings (SSSR count). The monoisotopic (exact) mass is 437 g/mol. The van der Waals surface area contributed by atoms with E-state index in [9.17, 15) is 4.79 Å². The Morgan fingerprint density at radius 2 is 1.64 bits per heavy atom. The highest BCUT2D eigenvalue weighted by Gasteiger charge is 2.10. The van der Waals surface area contributed by atoms with Gasteiger partial charge in [0.1, 0.15) is 11.6 Å². The molecule has 0 radical (unpaired) electrons. The molecule has 0 fully saturated rings. The minimum absolute atomic E-state index is 0.0140. The van der Waals surface area contributed by atoms with Gasteiger partial charge in [0.05, 0.1) is 22.1 Å². The third kappa shape index (κ3) is 4.65. The molecule has 0 spiro atoms. The number of nitrogens with zero attached hydrogens (tertiary/aromatic N) is 3. The smallest absolute Gasteiger partial charge is 0.224 e. The summed E-state index contributed by atoms with van der Waals surface area (Å²) in [7, 11) is 0. The van der Waals surface area contributed by atoms with Gasteiger partial charge in [-0.05, 0) is 55.3 Å². The highest BCUT2D eigenvalue weighted by atomic mass is 16.1. The first-order valence-corrected chi connectivity index (χ1v) is 11.5. The lowest BCUT2D eigenvalue weighted by molar-refractivity contribution is -0.116. The number of anilines is 1. The highest BCUT2D eigenvalue weighted by molar-refractivity contribution is 5.90. The second-order valence-electron chi connectivity index (χ2n) is 8.21. The van der Waals surface area contributed by atoms with Crippen LogP contribution in [0.3, 0.4) is 0 Å². The summed E-state index contributed by atoms with van der Waals surface area (Å²) in [4.78, 5) is 25.0. The van der Waals surface area contributed by atoms with Gasteiger partial charge >= 0.3 is 0 Å². The lowest BCUT2D eigenvalue weighted by atomic mass is 10.1. The van der Waals surface area contributed by atoms with Gasteiger partial charge in [-0.15, -0.1) is 0 Å². The molecule has 0 saturated carbocycles. The van der Waals surface area contributed by atoms with Gasteiger partial charge in [0.2, 0.25) is 5.91 Å². The van der Waals surface area contributed by atoms with Crippen molar-refractivity contribution in [2.45, 2.75) is 39.2 Å². The van der Waals surface area contributed by atoms with Gasteiger partial charge in [-0.1, -0.05) is 36.4 Å². The van der Waals surface area contributed by atoms with E-state index in [2.05, 4.69) is 57.1 Å². The fraction of sp³-hybridized carbons (Fsp3) is 0.222. The predicted molar refractivity (Wildman–Crippen MR) is 132 cm³/mol.